The number of nitrogens with two attached hydrogens (primary N) is 1. The molecular weight excluding hydrogens is 369 g/mol. The van der Waals surface area contributed by atoms with Gasteiger partial charge < -0.3 is 10.5 Å². The molecule has 2 nitrogen and oxygen atoms in total. The van der Waals surface area contributed by atoms with E-state index in [1.807, 2.05) is 6.07 Å². The fraction of sp³-hybridized carbons (Fsp3) is 0.333. The van der Waals surface area contributed by atoms with Crippen LogP contribution in [0.4, 0.5) is 0 Å². The first kappa shape index (κ1) is 13.4. The number of halogens is 1. The fourth-order valence-corrected chi connectivity index (χ4v) is 4.06. The van der Waals surface area contributed by atoms with Crippen LogP contribution in [0.15, 0.2) is 35.7 Å². The second-order valence-electron chi connectivity index (χ2n) is 4.90. The van der Waals surface area contributed by atoms with Gasteiger partial charge >= 0.3 is 0 Å². The molecule has 0 amide bonds. The Kier molecular flexibility index (Phi) is 4.10. The summed E-state index contributed by atoms with van der Waals surface area (Å²) in [6.07, 6.45) is 2.05. The second kappa shape index (κ2) is 5.81. The summed E-state index contributed by atoms with van der Waals surface area (Å²) in [5, 5.41) is 2.18. The molecule has 0 aliphatic carbocycles. The molecule has 1 aromatic carbocycles. The average molecular weight is 385 g/mol. The molecular formula is C15H16INOS. The highest BCUT2D eigenvalue weighted by Crippen LogP contribution is 2.38. The van der Waals surface area contributed by atoms with Gasteiger partial charge in [-0.15, -0.1) is 11.3 Å². The molecule has 2 N–H and O–H groups in total. The lowest BCUT2D eigenvalue weighted by atomic mass is 9.86. The predicted molar refractivity (Wildman–Crippen MR) is 87.9 cm³/mol. The van der Waals surface area contributed by atoms with Gasteiger partial charge in [-0.25, -0.2) is 0 Å². The first-order valence-electron chi connectivity index (χ1n) is 6.45. The number of thiophene rings is 1. The molecule has 19 heavy (non-hydrogen) atoms. The van der Waals surface area contributed by atoms with Crippen LogP contribution in [0.2, 0.25) is 0 Å². The molecule has 0 bridgehead atoms. The van der Waals surface area contributed by atoms with Gasteiger partial charge in [0.05, 0.1) is 9.49 Å². The number of hydrogen-bond acceptors (Lipinski definition) is 3. The van der Waals surface area contributed by atoms with Crippen LogP contribution >= 0.6 is 33.9 Å². The fourth-order valence-electron chi connectivity index (χ4n) is 2.62. The summed E-state index contributed by atoms with van der Waals surface area (Å²) < 4.78 is 7.01. The van der Waals surface area contributed by atoms with E-state index in [0.29, 0.717) is 5.92 Å². The largest absolute Gasteiger partial charge is 0.493 e. The molecule has 2 atom stereocenters. The van der Waals surface area contributed by atoms with Gasteiger partial charge in [0.2, 0.25) is 0 Å². The third-order valence-electron chi connectivity index (χ3n) is 3.64. The first-order chi connectivity index (χ1) is 9.24. The van der Waals surface area contributed by atoms with Crippen LogP contribution in [0.5, 0.6) is 5.75 Å². The van der Waals surface area contributed by atoms with E-state index in [1.165, 1.54) is 14.0 Å². The van der Waals surface area contributed by atoms with E-state index in [9.17, 15) is 0 Å². The van der Waals surface area contributed by atoms with Gasteiger partial charge in [0, 0.05) is 6.04 Å². The normalized spacial score (nSPS) is 19.6. The van der Waals surface area contributed by atoms with Crippen molar-refractivity contribution in [3.63, 3.8) is 0 Å². The van der Waals surface area contributed by atoms with E-state index in [0.717, 1.165) is 25.2 Å². The molecule has 2 heterocycles. The Hall–Kier alpha value is -0.590. The molecule has 1 aliphatic rings. The molecule has 0 spiro atoms. The highest BCUT2D eigenvalue weighted by molar-refractivity contribution is 14.1. The third kappa shape index (κ3) is 2.95. The lowest BCUT2D eigenvalue weighted by Crippen LogP contribution is -2.19. The van der Waals surface area contributed by atoms with Crippen LogP contribution in [-0.4, -0.2) is 6.61 Å². The maximum Gasteiger partial charge on any atom is 0.122 e. The van der Waals surface area contributed by atoms with Gasteiger partial charge in [-0.3, -0.25) is 0 Å². The van der Waals surface area contributed by atoms with Crippen molar-refractivity contribution in [2.24, 2.45) is 5.73 Å². The van der Waals surface area contributed by atoms with E-state index in [4.69, 9.17) is 10.5 Å². The van der Waals surface area contributed by atoms with Gasteiger partial charge in [0.25, 0.3) is 0 Å². The summed E-state index contributed by atoms with van der Waals surface area (Å²) in [6, 6.07) is 10.7. The molecule has 0 saturated carbocycles. The minimum Gasteiger partial charge on any atom is -0.493 e. The third-order valence-corrected chi connectivity index (χ3v) is 5.44. The van der Waals surface area contributed by atoms with Crippen molar-refractivity contribution in [1.29, 1.82) is 0 Å². The van der Waals surface area contributed by atoms with Crippen molar-refractivity contribution >= 4 is 33.9 Å². The number of fused-ring (bicyclic) bond motifs is 1. The molecule has 0 saturated heterocycles. The lowest BCUT2D eigenvalue weighted by Gasteiger charge is -2.27. The molecule has 2 unspecified atom stereocenters. The molecule has 0 fully saturated rings. The van der Waals surface area contributed by atoms with Crippen LogP contribution in [0.25, 0.3) is 0 Å². The predicted octanol–water partition coefficient (Wildman–Crippen LogP) is 4.31. The second-order valence-corrected chi connectivity index (χ2v) is 7.70. The van der Waals surface area contributed by atoms with Crippen LogP contribution in [-0.2, 0) is 0 Å². The zero-order valence-electron chi connectivity index (χ0n) is 10.5. The van der Waals surface area contributed by atoms with Crippen LogP contribution in [0, 0.1) is 2.88 Å². The van der Waals surface area contributed by atoms with Gasteiger partial charge in [0.15, 0.2) is 0 Å². The van der Waals surface area contributed by atoms with Crippen molar-refractivity contribution in [3.05, 3.63) is 49.7 Å². The summed E-state index contributed by atoms with van der Waals surface area (Å²) in [5.74, 6) is 1.54. The van der Waals surface area contributed by atoms with Gasteiger partial charge in [-0.05, 0) is 70.0 Å². The zero-order valence-corrected chi connectivity index (χ0v) is 13.5. The zero-order chi connectivity index (χ0) is 13.2. The van der Waals surface area contributed by atoms with E-state index < -0.39 is 0 Å². The average Bonchev–Trinajstić information content (AvgIpc) is 2.86. The maximum atomic E-state index is 6.36. The maximum absolute atomic E-state index is 6.36. The van der Waals surface area contributed by atoms with Crippen molar-refractivity contribution in [2.45, 2.75) is 24.8 Å². The number of rotatable bonds is 3. The van der Waals surface area contributed by atoms with Crippen LogP contribution < -0.4 is 10.5 Å². The Bertz CT molecular complexity index is 569. The summed E-state index contributed by atoms with van der Waals surface area (Å²) in [7, 11) is 0. The van der Waals surface area contributed by atoms with E-state index >= 15 is 0 Å². The van der Waals surface area contributed by atoms with E-state index in [2.05, 4.69) is 52.2 Å². The standard InChI is InChI=1S/C15H16INOS/c16-15-8-11(9-19-15)13(17)7-10-5-6-18-14-4-2-1-3-12(10)14/h1-4,8-10,13H,5-7,17H2. The highest BCUT2D eigenvalue weighted by Gasteiger charge is 2.23. The summed E-state index contributed by atoms with van der Waals surface area (Å²) >= 11 is 4.11. The SMILES string of the molecule is NC(CC1CCOc2ccccc21)c1csc(I)c1. The Morgan fingerprint density at radius 3 is 3.05 bits per heavy atom. The monoisotopic (exact) mass is 385 g/mol. The summed E-state index contributed by atoms with van der Waals surface area (Å²) in [4.78, 5) is 0. The summed E-state index contributed by atoms with van der Waals surface area (Å²) in [6.45, 7) is 0.801. The Morgan fingerprint density at radius 2 is 2.26 bits per heavy atom. The van der Waals surface area contributed by atoms with Crippen molar-refractivity contribution in [3.8, 4) is 5.75 Å². The molecule has 1 aromatic heterocycles. The van der Waals surface area contributed by atoms with Crippen LogP contribution in [0.3, 0.4) is 0 Å². The molecule has 0 radical (unpaired) electrons. The molecule has 100 valence electrons. The first-order valence-corrected chi connectivity index (χ1v) is 8.41. The topological polar surface area (TPSA) is 35.2 Å². The number of hydrogen-bond donors (Lipinski definition) is 1. The molecule has 4 heteroatoms. The Morgan fingerprint density at radius 1 is 1.42 bits per heavy atom. The molecule has 1 aliphatic heterocycles. The van der Waals surface area contributed by atoms with Crippen molar-refractivity contribution < 1.29 is 4.74 Å². The Labute approximate surface area is 131 Å². The van der Waals surface area contributed by atoms with Crippen molar-refractivity contribution in [1.82, 2.24) is 0 Å². The molecule has 3 rings (SSSR count). The van der Waals surface area contributed by atoms with Gasteiger partial charge in [0.1, 0.15) is 5.75 Å². The lowest BCUT2D eigenvalue weighted by molar-refractivity contribution is 0.259. The van der Waals surface area contributed by atoms with E-state index in [1.54, 1.807) is 11.3 Å². The number of ether oxygens (including phenoxy) is 1. The van der Waals surface area contributed by atoms with Crippen molar-refractivity contribution in [2.75, 3.05) is 6.61 Å². The van der Waals surface area contributed by atoms with Gasteiger partial charge in [-0.2, -0.15) is 0 Å². The number of benzene rings is 1. The van der Waals surface area contributed by atoms with Gasteiger partial charge in [-0.1, -0.05) is 18.2 Å². The minimum absolute atomic E-state index is 0.121. The smallest absolute Gasteiger partial charge is 0.122 e. The van der Waals surface area contributed by atoms with Crippen LogP contribution in [0.1, 0.15) is 35.9 Å². The quantitative estimate of drug-likeness (QED) is 0.800. The minimum atomic E-state index is 0.121. The summed E-state index contributed by atoms with van der Waals surface area (Å²) in [5.41, 5.74) is 8.94. The Balaban J connectivity index is 1.77. The molecule has 2 aromatic rings. The highest BCUT2D eigenvalue weighted by atomic mass is 127. The van der Waals surface area contributed by atoms with E-state index in [-0.39, 0.29) is 6.04 Å². The number of para-hydroxylation sites is 1.